The Hall–Kier alpha value is -1.20. The van der Waals surface area contributed by atoms with Gasteiger partial charge in [0.25, 0.3) is 0 Å². The number of hydrogen-bond donors (Lipinski definition) is 1. The second kappa shape index (κ2) is 6.30. The average molecular weight is 278 g/mol. The fourth-order valence-corrected chi connectivity index (χ4v) is 2.86. The van der Waals surface area contributed by atoms with Gasteiger partial charge in [0.15, 0.2) is 5.82 Å². The minimum absolute atomic E-state index is 0.286. The smallest absolute Gasteiger partial charge is 0.191 e. The first-order valence-electron chi connectivity index (χ1n) is 6.78. The zero-order chi connectivity index (χ0) is 13.8. The van der Waals surface area contributed by atoms with E-state index in [4.69, 9.17) is 5.73 Å². The summed E-state index contributed by atoms with van der Waals surface area (Å²) in [5.74, 6) is 2.32. The molecule has 2 aromatic rings. The molecule has 0 aromatic carbocycles. The molecular weight excluding hydrogens is 256 g/mol. The summed E-state index contributed by atoms with van der Waals surface area (Å²) in [5.41, 5.74) is 5.78. The Bertz CT molecular complexity index is 502. The number of aromatic nitrogens is 3. The second-order valence-corrected chi connectivity index (χ2v) is 6.15. The van der Waals surface area contributed by atoms with Gasteiger partial charge in [-0.05, 0) is 31.2 Å². The SMILES string of the molecule is CC(N)CCCC(C)c1nc(-c2cccs2)nn1C. The molecule has 0 aliphatic rings. The highest BCUT2D eigenvalue weighted by atomic mass is 32.1. The molecule has 2 rings (SSSR count). The lowest BCUT2D eigenvalue weighted by Crippen LogP contribution is -2.14. The van der Waals surface area contributed by atoms with Gasteiger partial charge in [0, 0.05) is 19.0 Å². The third kappa shape index (κ3) is 3.64. The highest BCUT2D eigenvalue weighted by molar-refractivity contribution is 7.13. The molecule has 0 saturated heterocycles. The highest BCUT2D eigenvalue weighted by Gasteiger charge is 2.15. The molecule has 104 valence electrons. The van der Waals surface area contributed by atoms with Crippen molar-refractivity contribution in [3.05, 3.63) is 23.3 Å². The zero-order valence-electron chi connectivity index (χ0n) is 11.8. The maximum absolute atomic E-state index is 5.78. The maximum atomic E-state index is 5.78. The van der Waals surface area contributed by atoms with E-state index in [0.29, 0.717) is 5.92 Å². The number of aryl methyl sites for hydroxylation is 1. The van der Waals surface area contributed by atoms with Crippen LogP contribution in [0.4, 0.5) is 0 Å². The minimum Gasteiger partial charge on any atom is -0.328 e. The number of nitrogens with two attached hydrogens (primary N) is 1. The minimum atomic E-state index is 0.286. The molecule has 0 amide bonds. The van der Waals surface area contributed by atoms with Crippen LogP contribution in [0.3, 0.4) is 0 Å². The van der Waals surface area contributed by atoms with Crippen LogP contribution in [0, 0.1) is 0 Å². The van der Waals surface area contributed by atoms with Crippen LogP contribution >= 0.6 is 11.3 Å². The Morgan fingerprint density at radius 2 is 2.16 bits per heavy atom. The van der Waals surface area contributed by atoms with Gasteiger partial charge in [0.2, 0.25) is 0 Å². The molecule has 0 aliphatic heterocycles. The molecule has 0 radical (unpaired) electrons. The first kappa shape index (κ1) is 14.2. The lowest BCUT2D eigenvalue weighted by molar-refractivity contribution is 0.525. The fraction of sp³-hybridized carbons (Fsp3) is 0.571. The van der Waals surface area contributed by atoms with Crippen LogP contribution in [0.2, 0.25) is 0 Å². The molecule has 0 saturated carbocycles. The van der Waals surface area contributed by atoms with Crippen molar-refractivity contribution < 1.29 is 0 Å². The second-order valence-electron chi connectivity index (χ2n) is 5.20. The topological polar surface area (TPSA) is 56.7 Å². The highest BCUT2D eigenvalue weighted by Crippen LogP contribution is 2.25. The van der Waals surface area contributed by atoms with Gasteiger partial charge in [0.1, 0.15) is 5.82 Å². The standard InChI is InChI=1S/C14H22N4S/c1-10(6-4-7-11(2)15)14-16-13(17-18(14)3)12-8-5-9-19-12/h5,8-11H,4,6-7,15H2,1-3H3. The summed E-state index contributed by atoms with van der Waals surface area (Å²) in [6, 6.07) is 4.38. The van der Waals surface area contributed by atoms with Crippen LogP contribution in [-0.2, 0) is 7.05 Å². The Morgan fingerprint density at radius 3 is 2.79 bits per heavy atom. The number of nitrogens with zero attached hydrogens (tertiary/aromatic N) is 3. The van der Waals surface area contributed by atoms with E-state index < -0.39 is 0 Å². The molecule has 0 aliphatic carbocycles. The lowest BCUT2D eigenvalue weighted by Gasteiger charge is -2.11. The molecule has 2 unspecified atom stereocenters. The van der Waals surface area contributed by atoms with E-state index >= 15 is 0 Å². The molecule has 19 heavy (non-hydrogen) atoms. The van der Waals surface area contributed by atoms with E-state index in [2.05, 4.69) is 35.4 Å². The third-order valence-corrected chi connectivity index (χ3v) is 4.14. The van der Waals surface area contributed by atoms with Crippen molar-refractivity contribution in [2.24, 2.45) is 12.8 Å². The van der Waals surface area contributed by atoms with Gasteiger partial charge in [-0.2, -0.15) is 5.10 Å². The van der Waals surface area contributed by atoms with Crippen LogP contribution in [0.5, 0.6) is 0 Å². The maximum Gasteiger partial charge on any atom is 0.191 e. The summed E-state index contributed by atoms with van der Waals surface area (Å²) in [4.78, 5) is 5.81. The van der Waals surface area contributed by atoms with Crippen molar-refractivity contribution in [3.63, 3.8) is 0 Å². The van der Waals surface area contributed by atoms with Gasteiger partial charge in [-0.25, -0.2) is 4.98 Å². The van der Waals surface area contributed by atoms with Crippen molar-refractivity contribution in [2.45, 2.75) is 45.1 Å². The van der Waals surface area contributed by atoms with Gasteiger partial charge in [-0.15, -0.1) is 11.3 Å². The van der Waals surface area contributed by atoms with E-state index in [1.807, 2.05) is 17.8 Å². The summed E-state index contributed by atoms with van der Waals surface area (Å²) in [7, 11) is 1.97. The van der Waals surface area contributed by atoms with Crippen LogP contribution in [0.25, 0.3) is 10.7 Å². The number of rotatable bonds is 6. The molecule has 2 N–H and O–H groups in total. The van der Waals surface area contributed by atoms with Gasteiger partial charge >= 0.3 is 0 Å². The fourth-order valence-electron chi connectivity index (χ4n) is 2.21. The van der Waals surface area contributed by atoms with Crippen LogP contribution in [0.15, 0.2) is 17.5 Å². The van der Waals surface area contributed by atoms with Crippen molar-refractivity contribution in [1.29, 1.82) is 0 Å². The normalized spacial score (nSPS) is 14.5. The van der Waals surface area contributed by atoms with Gasteiger partial charge in [-0.3, -0.25) is 4.68 Å². The molecule has 0 bridgehead atoms. The van der Waals surface area contributed by atoms with E-state index in [0.717, 1.165) is 35.8 Å². The van der Waals surface area contributed by atoms with E-state index in [-0.39, 0.29) is 6.04 Å². The van der Waals surface area contributed by atoms with E-state index in [1.54, 1.807) is 11.3 Å². The third-order valence-electron chi connectivity index (χ3n) is 3.28. The van der Waals surface area contributed by atoms with Gasteiger partial charge < -0.3 is 5.73 Å². The predicted octanol–water partition coefficient (Wildman–Crippen LogP) is 3.16. The Morgan fingerprint density at radius 1 is 1.37 bits per heavy atom. The summed E-state index contributed by atoms with van der Waals surface area (Å²) in [6.07, 6.45) is 3.32. The Kier molecular flexibility index (Phi) is 4.71. The van der Waals surface area contributed by atoms with Crippen molar-refractivity contribution >= 4 is 11.3 Å². The number of thiophene rings is 1. The zero-order valence-corrected chi connectivity index (χ0v) is 12.7. The molecule has 2 aromatic heterocycles. The monoisotopic (exact) mass is 278 g/mol. The van der Waals surface area contributed by atoms with Crippen molar-refractivity contribution in [2.75, 3.05) is 0 Å². The van der Waals surface area contributed by atoms with Crippen LogP contribution < -0.4 is 5.73 Å². The quantitative estimate of drug-likeness (QED) is 0.883. The van der Waals surface area contributed by atoms with E-state index in [1.165, 1.54) is 0 Å². The summed E-state index contributed by atoms with van der Waals surface area (Å²) < 4.78 is 1.91. The molecule has 5 heteroatoms. The predicted molar refractivity (Wildman–Crippen MR) is 80.2 cm³/mol. The van der Waals surface area contributed by atoms with Crippen molar-refractivity contribution in [1.82, 2.24) is 14.8 Å². The average Bonchev–Trinajstić information content (AvgIpc) is 2.96. The summed E-state index contributed by atoms with van der Waals surface area (Å²) in [5, 5.41) is 6.56. The molecule has 4 nitrogen and oxygen atoms in total. The summed E-state index contributed by atoms with van der Waals surface area (Å²) in [6.45, 7) is 4.27. The summed E-state index contributed by atoms with van der Waals surface area (Å²) >= 11 is 1.68. The van der Waals surface area contributed by atoms with Gasteiger partial charge in [-0.1, -0.05) is 19.4 Å². The van der Waals surface area contributed by atoms with Crippen LogP contribution in [0.1, 0.15) is 44.9 Å². The lowest BCUT2D eigenvalue weighted by atomic mass is 10.0. The molecular formula is C14H22N4S. The van der Waals surface area contributed by atoms with Crippen molar-refractivity contribution in [3.8, 4) is 10.7 Å². The van der Waals surface area contributed by atoms with Gasteiger partial charge in [0.05, 0.1) is 4.88 Å². The number of hydrogen-bond acceptors (Lipinski definition) is 4. The molecule has 0 fully saturated rings. The van der Waals surface area contributed by atoms with E-state index in [9.17, 15) is 0 Å². The first-order chi connectivity index (χ1) is 9.08. The first-order valence-corrected chi connectivity index (χ1v) is 7.66. The van der Waals surface area contributed by atoms with Crippen LogP contribution in [-0.4, -0.2) is 20.8 Å². The molecule has 2 heterocycles. The molecule has 0 spiro atoms. The largest absolute Gasteiger partial charge is 0.328 e. The Labute approximate surface area is 118 Å². The Balaban J connectivity index is 2.04. The molecule has 2 atom stereocenters.